The van der Waals surface area contributed by atoms with Gasteiger partial charge in [0.05, 0.1) is 23.7 Å². The summed E-state index contributed by atoms with van der Waals surface area (Å²) in [6.45, 7) is 9.59. The van der Waals surface area contributed by atoms with E-state index in [0.29, 0.717) is 37.7 Å². The summed E-state index contributed by atoms with van der Waals surface area (Å²) in [5.74, 6) is -4.10. The lowest BCUT2D eigenvalue weighted by atomic mass is 9.43. The normalized spacial score (nSPS) is 58.9. The number of hydrogen-bond donors (Lipinski definition) is 2. The fourth-order valence-electron chi connectivity index (χ4n) is 11.0. The van der Waals surface area contributed by atoms with Gasteiger partial charge in [0.2, 0.25) is 6.29 Å². The van der Waals surface area contributed by atoms with E-state index in [4.69, 9.17) is 33.2 Å². The molecule has 4 saturated heterocycles. The number of hydrogen-bond acceptors (Lipinski definition) is 11. The van der Waals surface area contributed by atoms with Gasteiger partial charge in [-0.05, 0) is 70.3 Å². The Morgan fingerprint density at radius 3 is 2.56 bits per heavy atom. The fourth-order valence-corrected chi connectivity index (χ4v) is 11.0. The van der Waals surface area contributed by atoms with Crippen LogP contribution in [0.15, 0.2) is 23.3 Å². The maximum atomic E-state index is 14.4. The predicted octanol–water partition coefficient (Wildman–Crippen LogP) is 1.82. The minimum atomic E-state index is -1.52. The minimum Gasteiger partial charge on any atom is -0.458 e. The number of ether oxygens (including phenoxy) is 7. The number of aliphatic hydroxyl groups is 2. The number of fused-ring (bicyclic) bond motifs is 4. The van der Waals surface area contributed by atoms with Crippen molar-refractivity contribution in [1.29, 1.82) is 0 Å². The molecular formula is C32H40O11. The lowest BCUT2D eigenvalue weighted by molar-refractivity contribution is -0.436. The zero-order chi connectivity index (χ0) is 30.1. The van der Waals surface area contributed by atoms with E-state index in [1.165, 1.54) is 6.08 Å². The number of cyclic esters (lactones) is 1. The van der Waals surface area contributed by atoms with Crippen molar-refractivity contribution in [3.63, 3.8) is 0 Å². The van der Waals surface area contributed by atoms with Gasteiger partial charge >= 0.3 is 5.97 Å². The van der Waals surface area contributed by atoms with Crippen molar-refractivity contribution in [1.82, 2.24) is 0 Å². The van der Waals surface area contributed by atoms with Crippen LogP contribution >= 0.6 is 0 Å². The van der Waals surface area contributed by atoms with E-state index in [-0.39, 0.29) is 24.9 Å². The minimum absolute atomic E-state index is 0.0963. The molecule has 0 amide bonds. The second kappa shape index (κ2) is 7.98. The van der Waals surface area contributed by atoms with E-state index >= 15 is 0 Å². The van der Waals surface area contributed by atoms with Gasteiger partial charge in [-0.25, -0.2) is 4.79 Å². The van der Waals surface area contributed by atoms with Crippen molar-refractivity contribution >= 4 is 11.8 Å². The van der Waals surface area contributed by atoms with E-state index in [9.17, 15) is 19.8 Å². The molecule has 0 aromatic rings. The Labute approximate surface area is 249 Å². The first kappa shape index (κ1) is 27.6. The number of carbonyl (C=O) groups excluding carboxylic acids is 2. The lowest BCUT2D eigenvalue weighted by Crippen LogP contribution is -2.75. The van der Waals surface area contributed by atoms with Crippen LogP contribution in [0.2, 0.25) is 0 Å². The molecule has 4 aliphatic carbocycles. The van der Waals surface area contributed by atoms with E-state index in [1.54, 1.807) is 6.92 Å². The molecule has 5 aliphatic heterocycles. The number of rotatable bonds is 1. The van der Waals surface area contributed by atoms with Crippen LogP contribution in [0.25, 0.3) is 0 Å². The highest BCUT2D eigenvalue weighted by Crippen LogP contribution is 2.76. The first-order chi connectivity index (χ1) is 20.2. The third-order valence-corrected chi connectivity index (χ3v) is 12.8. The molecule has 14 atom stereocenters. The Balaban J connectivity index is 1.10. The topological polar surface area (TPSA) is 143 Å². The first-order valence-corrected chi connectivity index (χ1v) is 15.8. The molecule has 9 rings (SSSR count). The average Bonchev–Trinajstić information content (AvgIpc) is 3.19. The van der Waals surface area contributed by atoms with Crippen LogP contribution in [0, 0.1) is 22.7 Å². The standard InChI is InChI=1S/C32H40O11/c1-14-8-21-32(43-27(2,3)41-21)26(38-14)39-18-10-16-11-20-31(42-20)24(28(16,4)12-19(18)40-32)23(34)25(35)29(5)17(6-7-30(29,31)36)15-9-22(33)37-13-15/h9-10,14,17-21,23-24,26,34,36H,6-8,11-13H2,1-5H3/t14-,17-,18-,19-,20+,21-,23+,24-,26+,28+,29+,30-,31+,32-/m1/s1. The van der Waals surface area contributed by atoms with E-state index in [1.807, 2.05) is 20.8 Å². The second-order valence-electron chi connectivity index (χ2n) is 15.3. The largest absolute Gasteiger partial charge is 0.458 e. The molecule has 0 unspecified atom stereocenters. The fraction of sp³-hybridized carbons (Fsp3) is 0.812. The molecule has 0 bridgehead atoms. The van der Waals surface area contributed by atoms with Gasteiger partial charge in [0.15, 0.2) is 11.6 Å². The second-order valence-corrected chi connectivity index (χ2v) is 15.3. The van der Waals surface area contributed by atoms with Crippen LogP contribution in [0.3, 0.4) is 0 Å². The van der Waals surface area contributed by atoms with Crippen LogP contribution < -0.4 is 0 Å². The number of Topliss-reactive ketones (excluding diaryl/α,β-unsaturated/α-hetero) is 1. The molecule has 0 aromatic heterocycles. The van der Waals surface area contributed by atoms with Crippen molar-refractivity contribution in [2.24, 2.45) is 22.7 Å². The maximum Gasteiger partial charge on any atom is 0.331 e. The average molecular weight is 601 g/mol. The monoisotopic (exact) mass is 600 g/mol. The molecular weight excluding hydrogens is 560 g/mol. The lowest BCUT2D eigenvalue weighted by Gasteiger charge is -2.62. The zero-order valence-corrected chi connectivity index (χ0v) is 25.2. The van der Waals surface area contributed by atoms with Crippen LogP contribution in [-0.4, -0.2) is 94.3 Å². The van der Waals surface area contributed by atoms with Crippen molar-refractivity contribution in [3.05, 3.63) is 23.3 Å². The summed E-state index contributed by atoms with van der Waals surface area (Å²) < 4.78 is 44.1. The number of esters is 1. The molecule has 2 spiro atoms. The van der Waals surface area contributed by atoms with Crippen molar-refractivity contribution in [3.8, 4) is 0 Å². The summed E-state index contributed by atoms with van der Waals surface area (Å²) in [6, 6.07) is 0. The van der Waals surface area contributed by atoms with Gasteiger partial charge in [-0.3, -0.25) is 4.79 Å². The van der Waals surface area contributed by atoms with Gasteiger partial charge in [0.25, 0.3) is 5.79 Å². The van der Waals surface area contributed by atoms with E-state index in [2.05, 4.69) is 13.0 Å². The molecule has 0 aromatic carbocycles. The van der Waals surface area contributed by atoms with Gasteiger partial charge in [-0.1, -0.05) is 18.6 Å². The van der Waals surface area contributed by atoms with Crippen LogP contribution in [0.5, 0.6) is 0 Å². The number of carbonyl (C=O) groups is 2. The summed E-state index contributed by atoms with van der Waals surface area (Å²) in [4.78, 5) is 26.3. The molecule has 0 radical (unpaired) electrons. The van der Waals surface area contributed by atoms with Gasteiger partial charge in [0.1, 0.15) is 36.1 Å². The Morgan fingerprint density at radius 2 is 1.81 bits per heavy atom. The Bertz CT molecular complexity index is 1400. The molecule has 3 saturated carbocycles. The van der Waals surface area contributed by atoms with Crippen molar-refractivity contribution in [2.75, 3.05) is 6.61 Å². The van der Waals surface area contributed by atoms with E-state index in [0.717, 1.165) is 5.57 Å². The number of epoxide rings is 1. The Hall–Kier alpha value is -1.70. The highest BCUT2D eigenvalue weighted by molar-refractivity contribution is 5.94. The first-order valence-electron chi connectivity index (χ1n) is 15.8. The van der Waals surface area contributed by atoms with Gasteiger partial charge in [-0.15, -0.1) is 0 Å². The van der Waals surface area contributed by atoms with Crippen molar-refractivity contribution < 1.29 is 53.0 Å². The summed E-state index contributed by atoms with van der Waals surface area (Å²) in [6.07, 6.45) is 2.01. The smallest absolute Gasteiger partial charge is 0.331 e. The van der Waals surface area contributed by atoms with Gasteiger partial charge in [0, 0.05) is 18.4 Å². The molecule has 2 N–H and O–H groups in total. The molecule has 11 heteroatoms. The van der Waals surface area contributed by atoms with Gasteiger partial charge < -0.3 is 43.4 Å². The third kappa shape index (κ3) is 3.05. The molecule has 5 heterocycles. The summed E-state index contributed by atoms with van der Waals surface area (Å²) in [5.41, 5.74) is -2.96. The van der Waals surface area contributed by atoms with Crippen LogP contribution in [-0.2, 0) is 42.7 Å². The number of ketones is 1. The highest BCUT2D eigenvalue weighted by atomic mass is 16.9. The SMILES string of the molecule is C[C@@H]1C[C@H]2OC(C)(C)O[C@]23O[C@@H]2C[C@@]4(C)C(=C[C@H]2O[C@@H]3O1)C[C@@H]1O[C@]12[C@@H]4[C@H](O)C(=O)[C@]1(C)[C@@H](C3=CC(=O)OC3)CC[C@]21O. The summed E-state index contributed by atoms with van der Waals surface area (Å²) in [7, 11) is 0. The molecule has 11 nitrogen and oxygen atoms in total. The zero-order valence-electron chi connectivity index (χ0n) is 25.2. The Kier molecular flexibility index (Phi) is 5.12. The summed E-state index contributed by atoms with van der Waals surface area (Å²) >= 11 is 0. The number of aliphatic hydroxyl groups excluding tert-OH is 1. The Morgan fingerprint density at radius 1 is 1.02 bits per heavy atom. The van der Waals surface area contributed by atoms with Gasteiger partial charge in [-0.2, -0.15) is 0 Å². The molecule has 43 heavy (non-hydrogen) atoms. The predicted molar refractivity (Wildman–Crippen MR) is 144 cm³/mol. The highest BCUT2D eigenvalue weighted by Gasteiger charge is 2.88. The van der Waals surface area contributed by atoms with Crippen LogP contribution in [0.4, 0.5) is 0 Å². The molecule has 234 valence electrons. The molecule has 7 fully saturated rings. The van der Waals surface area contributed by atoms with Crippen molar-refractivity contribution in [2.45, 2.75) is 132 Å². The van der Waals surface area contributed by atoms with E-state index < -0.39 is 81.8 Å². The van der Waals surface area contributed by atoms with Crippen LogP contribution in [0.1, 0.15) is 66.7 Å². The third-order valence-electron chi connectivity index (χ3n) is 12.8. The quantitative estimate of drug-likeness (QED) is 0.259. The maximum absolute atomic E-state index is 14.4. The summed E-state index contributed by atoms with van der Waals surface area (Å²) in [5, 5.41) is 24.7. The molecule has 9 aliphatic rings.